The normalized spacial score (nSPS) is 13.6. The molecule has 0 aliphatic heterocycles. The van der Waals surface area contributed by atoms with Gasteiger partial charge in [-0.2, -0.15) is 5.26 Å². The highest BCUT2D eigenvalue weighted by atomic mass is 79.9. The highest BCUT2D eigenvalue weighted by molar-refractivity contribution is 9.10. The fourth-order valence-electron chi connectivity index (χ4n) is 4.09. The van der Waals surface area contributed by atoms with Crippen LogP contribution in [0.1, 0.15) is 44.6 Å². The third kappa shape index (κ3) is 3.87. The average Bonchev–Trinajstić information content (AvgIpc) is 3.36. The molecule has 0 saturated heterocycles. The van der Waals surface area contributed by atoms with E-state index in [4.69, 9.17) is 14.5 Å². The standard InChI is InChI=1S/C25H25BrN4O3/c1-14-11-19(32-6)20(16-9-10-30(21(14)16)23(31)33-24(2,3)4)25(5,13-27)22-28-17-8-7-15(26)12-18(17)29-22/h7-12H,1-6H3,(H,28,29). The predicted molar refractivity (Wildman–Crippen MR) is 131 cm³/mol. The van der Waals surface area contributed by atoms with Gasteiger partial charge in [0.1, 0.15) is 22.6 Å². The number of nitrogens with one attached hydrogen (secondary N) is 1. The maximum Gasteiger partial charge on any atom is 0.419 e. The smallest absolute Gasteiger partial charge is 0.419 e. The van der Waals surface area contributed by atoms with Gasteiger partial charge in [0.15, 0.2) is 0 Å². The van der Waals surface area contributed by atoms with Crippen molar-refractivity contribution < 1.29 is 14.3 Å². The molecule has 170 valence electrons. The van der Waals surface area contributed by atoms with Crippen LogP contribution in [0.4, 0.5) is 4.79 Å². The van der Waals surface area contributed by atoms with Gasteiger partial charge < -0.3 is 14.5 Å². The van der Waals surface area contributed by atoms with Crippen LogP contribution >= 0.6 is 15.9 Å². The second kappa shape index (κ2) is 7.92. The Hall–Kier alpha value is -3.31. The van der Waals surface area contributed by atoms with E-state index >= 15 is 0 Å². The number of carbonyl (C=O) groups is 1. The molecule has 0 radical (unpaired) electrons. The Bertz CT molecular complexity index is 1440. The minimum absolute atomic E-state index is 0.482. The number of fused-ring (bicyclic) bond motifs is 2. The number of carbonyl (C=O) groups excluding carboxylic acids is 1. The molecule has 0 aliphatic rings. The first-order valence-corrected chi connectivity index (χ1v) is 11.3. The number of ether oxygens (including phenoxy) is 2. The van der Waals surface area contributed by atoms with E-state index in [-0.39, 0.29) is 0 Å². The van der Waals surface area contributed by atoms with E-state index in [1.165, 1.54) is 4.57 Å². The summed E-state index contributed by atoms with van der Waals surface area (Å²) >= 11 is 3.47. The van der Waals surface area contributed by atoms with E-state index in [9.17, 15) is 10.1 Å². The summed E-state index contributed by atoms with van der Waals surface area (Å²) in [6.45, 7) is 9.18. The topological polar surface area (TPSA) is 92.9 Å². The summed E-state index contributed by atoms with van der Waals surface area (Å²) in [5.74, 6) is 1.04. The van der Waals surface area contributed by atoms with Gasteiger partial charge in [-0.25, -0.2) is 9.78 Å². The Morgan fingerprint density at radius 1 is 1.21 bits per heavy atom. The minimum Gasteiger partial charge on any atom is -0.496 e. The molecule has 7 nitrogen and oxygen atoms in total. The zero-order valence-corrected chi connectivity index (χ0v) is 21.0. The van der Waals surface area contributed by atoms with Crippen molar-refractivity contribution in [1.82, 2.24) is 14.5 Å². The predicted octanol–water partition coefficient (Wildman–Crippen LogP) is 6.21. The summed E-state index contributed by atoms with van der Waals surface area (Å²) < 4.78 is 13.7. The quantitative estimate of drug-likeness (QED) is 0.355. The Kier molecular flexibility index (Phi) is 5.49. The second-order valence-corrected chi connectivity index (χ2v) is 10.1. The molecule has 0 fully saturated rings. The van der Waals surface area contributed by atoms with Crippen molar-refractivity contribution in [2.24, 2.45) is 0 Å². The number of nitriles is 1. The van der Waals surface area contributed by atoms with Crippen molar-refractivity contribution in [3.05, 3.63) is 58.0 Å². The molecule has 2 aromatic carbocycles. The van der Waals surface area contributed by atoms with E-state index in [1.807, 2.05) is 58.0 Å². The Labute approximate surface area is 200 Å². The third-order valence-corrected chi connectivity index (χ3v) is 6.07. The van der Waals surface area contributed by atoms with Crippen molar-refractivity contribution >= 4 is 44.0 Å². The summed E-state index contributed by atoms with van der Waals surface area (Å²) in [4.78, 5) is 20.9. The largest absolute Gasteiger partial charge is 0.496 e. The number of nitrogens with zero attached hydrogens (tertiary/aromatic N) is 3. The van der Waals surface area contributed by atoms with Crippen molar-refractivity contribution in [1.29, 1.82) is 5.26 Å². The number of methoxy groups -OCH3 is 1. The molecule has 0 amide bonds. The van der Waals surface area contributed by atoms with Gasteiger partial charge in [0.25, 0.3) is 0 Å². The molecule has 0 aliphatic carbocycles. The van der Waals surface area contributed by atoms with Gasteiger partial charge in [-0.15, -0.1) is 0 Å². The number of H-pyrrole nitrogens is 1. The van der Waals surface area contributed by atoms with Crippen LogP contribution in [0, 0.1) is 18.3 Å². The summed E-state index contributed by atoms with van der Waals surface area (Å²) in [6.07, 6.45) is 1.19. The highest BCUT2D eigenvalue weighted by Crippen LogP contribution is 2.43. The van der Waals surface area contributed by atoms with Gasteiger partial charge in [0.05, 0.1) is 29.7 Å². The van der Waals surface area contributed by atoms with Crippen molar-refractivity contribution in [2.75, 3.05) is 7.11 Å². The summed E-state index contributed by atoms with van der Waals surface area (Å²) in [5.41, 5.74) is 1.88. The first-order chi connectivity index (χ1) is 15.5. The van der Waals surface area contributed by atoms with E-state index < -0.39 is 17.1 Å². The number of rotatable bonds is 3. The number of hydrogen-bond donors (Lipinski definition) is 1. The molecular weight excluding hydrogens is 484 g/mol. The number of benzene rings is 2. The first-order valence-electron chi connectivity index (χ1n) is 10.5. The molecule has 0 saturated carbocycles. The van der Waals surface area contributed by atoms with Crippen LogP contribution in [0.25, 0.3) is 21.9 Å². The molecule has 0 bridgehead atoms. The lowest BCUT2D eigenvalue weighted by Gasteiger charge is -2.25. The fraction of sp³-hybridized carbons (Fsp3) is 0.320. The average molecular weight is 509 g/mol. The zero-order chi connectivity index (χ0) is 24.1. The molecule has 4 aromatic rings. The number of imidazole rings is 1. The molecule has 8 heteroatoms. The number of aryl methyl sites for hydroxylation is 1. The Morgan fingerprint density at radius 2 is 1.94 bits per heavy atom. The maximum atomic E-state index is 12.9. The van der Waals surface area contributed by atoms with Crippen LogP contribution in [-0.2, 0) is 10.2 Å². The molecule has 1 unspecified atom stereocenters. The SMILES string of the molecule is COc1cc(C)c2c(ccn2C(=O)OC(C)(C)C)c1C(C)(C#N)c1nc2cc(Br)ccc2[nH]1. The molecule has 0 spiro atoms. The van der Waals surface area contributed by atoms with Gasteiger partial charge in [-0.3, -0.25) is 4.57 Å². The van der Waals surface area contributed by atoms with Crippen molar-refractivity contribution in [2.45, 2.75) is 45.6 Å². The molecule has 4 rings (SSSR count). The van der Waals surface area contributed by atoms with Crippen LogP contribution in [0.3, 0.4) is 0 Å². The zero-order valence-electron chi connectivity index (χ0n) is 19.4. The second-order valence-electron chi connectivity index (χ2n) is 9.18. The van der Waals surface area contributed by atoms with Crippen LogP contribution in [-0.4, -0.2) is 33.3 Å². The molecule has 2 aromatic heterocycles. The third-order valence-electron chi connectivity index (χ3n) is 5.58. The summed E-state index contributed by atoms with van der Waals surface area (Å²) in [5, 5.41) is 11.1. The number of aromatic nitrogens is 3. The summed E-state index contributed by atoms with van der Waals surface area (Å²) in [6, 6.07) is 11.8. The van der Waals surface area contributed by atoms with Crippen LogP contribution < -0.4 is 4.74 Å². The lowest BCUT2D eigenvalue weighted by molar-refractivity contribution is 0.0544. The van der Waals surface area contributed by atoms with Gasteiger partial charge in [0.2, 0.25) is 0 Å². The van der Waals surface area contributed by atoms with Crippen LogP contribution in [0.15, 0.2) is 41.0 Å². The molecule has 1 atom stereocenters. The molecular formula is C25H25BrN4O3. The van der Waals surface area contributed by atoms with E-state index in [2.05, 4.69) is 27.0 Å². The number of halogens is 1. The number of hydrogen-bond acceptors (Lipinski definition) is 5. The van der Waals surface area contributed by atoms with E-state index in [0.717, 1.165) is 26.5 Å². The lowest BCUT2D eigenvalue weighted by atomic mass is 9.80. The van der Waals surface area contributed by atoms with E-state index in [0.29, 0.717) is 22.7 Å². The minimum atomic E-state index is -1.18. The molecule has 2 heterocycles. The number of aromatic amines is 1. The Balaban J connectivity index is 1.99. The first kappa shape index (κ1) is 22.9. The van der Waals surface area contributed by atoms with Crippen LogP contribution in [0.2, 0.25) is 0 Å². The monoisotopic (exact) mass is 508 g/mol. The maximum absolute atomic E-state index is 12.9. The molecule has 33 heavy (non-hydrogen) atoms. The van der Waals surface area contributed by atoms with Crippen LogP contribution in [0.5, 0.6) is 5.75 Å². The van der Waals surface area contributed by atoms with Gasteiger partial charge >= 0.3 is 6.09 Å². The van der Waals surface area contributed by atoms with Gasteiger partial charge in [-0.05, 0) is 70.5 Å². The van der Waals surface area contributed by atoms with Crippen molar-refractivity contribution in [3.8, 4) is 11.8 Å². The van der Waals surface area contributed by atoms with E-state index in [1.54, 1.807) is 20.2 Å². The highest BCUT2D eigenvalue weighted by Gasteiger charge is 2.38. The van der Waals surface area contributed by atoms with Crippen molar-refractivity contribution in [3.63, 3.8) is 0 Å². The fourth-order valence-corrected chi connectivity index (χ4v) is 4.44. The Morgan fingerprint density at radius 3 is 2.58 bits per heavy atom. The van der Waals surface area contributed by atoms with Gasteiger partial charge in [-0.1, -0.05) is 15.9 Å². The molecule has 1 N–H and O–H groups in total. The summed E-state index contributed by atoms with van der Waals surface area (Å²) in [7, 11) is 1.57. The lowest BCUT2D eigenvalue weighted by Crippen LogP contribution is -2.27. The van der Waals surface area contributed by atoms with Gasteiger partial charge in [0, 0.05) is 21.6 Å².